The molecule has 0 radical (unpaired) electrons. The van der Waals surface area contributed by atoms with E-state index < -0.39 is 0 Å². The van der Waals surface area contributed by atoms with Gasteiger partial charge in [-0.25, -0.2) is 0 Å². The molecule has 8 nitrogen and oxygen atoms in total. The summed E-state index contributed by atoms with van der Waals surface area (Å²) in [6.07, 6.45) is 7.40. The van der Waals surface area contributed by atoms with E-state index in [1.54, 1.807) is 30.2 Å². The Balaban J connectivity index is 1.66. The maximum atomic E-state index is 12.3. The van der Waals surface area contributed by atoms with E-state index in [0.29, 0.717) is 11.5 Å². The maximum absolute atomic E-state index is 12.3. The Bertz CT molecular complexity index is 742. The van der Waals surface area contributed by atoms with Gasteiger partial charge in [-0.15, -0.1) is 0 Å². The highest BCUT2D eigenvalue weighted by atomic mass is 16.2. The number of nitrogens with zero attached hydrogens (tertiary/aromatic N) is 4. The number of hydrogen-bond donors (Lipinski definition) is 2. The zero-order valence-corrected chi connectivity index (χ0v) is 14.0. The van der Waals surface area contributed by atoms with Gasteiger partial charge in [0, 0.05) is 31.8 Å². The highest BCUT2D eigenvalue weighted by molar-refractivity contribution is 6.03. The summed E-state index contributed by atoms with van der Waals surface area (Å²) < 4.78 is 3.23. The van der Waals surface area contributed by atoms with Gasteiger partial charge in [0.05, 0.1) is 11.9 Å². The molecule has 24 heavy (non-hydrogen) atoms. The summed E-state index contributed by atoms with van der Waals surface area (Å²) in [4.78, 5) is 24.5. The minimum Gasteiger partial charge on any atom is -0.318 e. The summed E-state index contributed by atoms with van der Waals surface area (Å²) in [5.74, 6) is 0.271. The van der Waals surface area contributed by atoms with Gasteiger partial charge in [-0.1, -0.05) is 12.8 Å². The first-order valence-corrected chi connectivity index (χ1v) is 8.25. The van der Waals surface area contributed by atoms with E-state index in [4.69, 9.17) is 0 Å². The highest BCUT2D eigenvalue weighted by Crippen LogP contribution is 2.26. The van der Waals surface area contributed by atoms with E-state index >= 15 is 0 Å². The van der Waals surface area contributed by atoms with Crippen molar-refractivity contribution < 1.29 is 9.59 Å². The Morgan fingerprint density at radius 1 is 1.29 bits per heavy atom. The summed E-state index contributed by atoms with van der Waals surface area (Å²) in [7, 11) is 1.70. The van der Waals surface area contributed by atoms with Crippen molar-refractivity contribution in [2.45, 2.75) is 39.2 Å². The molecule has 2 aromatic heterocycles. The molecule has 2 heterocycles. The Morgan fingerprint density at radius 3 is 2.71 bits per heavy atom. The predicted octanol–water partition coefficient (Wildman–Crippen LogP) is 2.02. The molecule has 0 atom stereocenters. The molecule has 2 amide bonds. The molecule has 3 rings (SSSR count). The molecule has 0 spiro atoms. The second kappa shape index (κ2) is 6.86. The molecule has 0 saturated heterocycles. The Hall–Kier alpha value is -2.64. The predicted molar refractivity (Wildman–Crippen MR) is 89.6 cm³/mol. The van der Waals surface area contributed by atoms with Crippen molar-refractivity contribution in [3.05, 3.63) is 24.2 Å². The van der Waals surface area contributed by atoms with E-state index in [9.17, 15) is 9.59 Å². The molecule has 0 aliphatic heterocycles. The van der Waals surface area contributed by atoms with Gasteiger partial charge < -0.3 is 10.6 Å². The summed E-state index contributed by atoms with van der Waals surface area (Å²) in [5, 5.41) is 13.9. The smallest absolute Gasteiger partial charge is 0.276 e. The van der Waals surface area contributed by atoms with Crippen LogP contribution in [0.3, 0.4) is 0 Å². The van der Waals surface area contributed by atoms with Crippen LogP contribution in [0, 0.1) is 5.92 Å². The molecular formula is C16H22N6O2. The number of rotatable bonds is 5. The van der Waals surface area contributed by atoms with Gasteiger partial charge in [0.25, 0.3) is 5.91 Å². The van der Waals surface area contributed by atoms with Crippen LogP contribution in [0.4, 0.5) is 11.5 Å². The van der Waals surface area contributed by atoms with Gasteiger partial charge in [0.15, 0.2) is 5.69 Å². The first kappa shape index (κ1) is 16.2. The highest BCUT2D eigenvalue weighted by Gasteiger charge is 2.24. The summed E-state index contributed by atoms with van der Waals surface area (Å²) in [6.45, 7) is 2.70. The lowest BCUT2D eigenvalue weighted by Gasteiger charge is -2.09. The van der Waals surface area contributed by atoms with Crippen molar-refractivity contribution >= 4 is 23.3 Å². The van der Waals surface area contributed by atoms with Crippen LogP contribution in [0.15, 0.2) is 18.5 Å². The van der Waals surface area contributed by atoms with Crippen molar-refractivity contribution in [2.24, 2.45) is 13.0 Å². The number of carbonyl (C=O) groups is 2. The number of anilines is 2. The molecule has 128 valence electrons. The SMILES string of the molecule is CCn1cc(NC(=O)c2cc(NC(=O)C3CCCC3)n(C)n2)cn1. The average molecular weight is 330 g/mol. The maximum Gasteiger partial charge on any atom is 0.276 e. The van der Waals surface area contributed by atoms with Crippen LogP contribution in [0.25, 0.3) is 0 Å². The molecule has 0 aromatic carbocycles. The molecule has 1 aliphatic carbocycles. The zero-order valence-electron chi connectivity index (χ0n) is 14.0. The van der Waals surface area contributed by atoms with Gasteiger partial charge >= 0.3 is 0 Å². The standard InChI is InChI=1S/C16H22N6O2/c1-3-22-10-12(9-17-22)18-16(24)13-8-14(21(2)20-13)19-15(23)11-6-4-5-7-11/h8-11H,3-7H2,1-2H3,(H,18,24)(H,19,23). The normalized spacial score (nSPS) is 14.8. The van der Waals surface area contributed by atoms with Crippen LogP contribution in [0.1, 0.15) is 43.1 Å². The van der Waals surface area contributed by atoms with Crippen molar-refractivity contribution in [3.63, 3.8) is 0 Å². The lowest BCUT2D eigenvalue weighted by molar-refractivity contribution is -0.119. The molecule has 1 saturated carbocycles. The monoisotopic (exact) mass is 330 g/mol. The first-order valence-electron chi connectivity index (χ1n) is 8.25. The molecule has 2 N–H and O–H groups in total. The molecular weight excluding hydrogens is 308 g/mol. The van der Waals surface area contributed by atoms with Gasteiger partial charge in [0.2, 0.25) is 5.91 Å². The second-order valence-corrected chi connectivity index (χ2v) is 6.05. The van der Waals surface area contributed by atoms with E-state index in [-0.39, 0.29) is 23.4 Å². The summed E-state index contributed by atoms with van der Waals surface area (Å²) in [5.41, 5.74) is 0.868. The van der Waals surface area contributed by atoms with Crippen LogP contribution in [0.5, 0.6) is 0 Å². The molecule has 2 aromatic rings. The third-order valence-corrected chi connectivity index (χ3v) is 4.30. The van der Waals surface area contributed by atoms with Crippen molar-refractivity contribution in [2.75, 3.05) is 10.6 Å². The van der Waals surface area contributed by atoms with Gasteiger partial charge in [0.1, 0.15) is 5.82 Å². The van der Waals surface area contributed by atoms with Gasteiger partial charge in [-0.3, -0.25) is 19.0 Å². The average Bonchev–Trinajstić information content (AvgIpc) is 3.29. The van der Waals surface area contributed by atoms with E-state index in [0.717, 1.165) is 32.2 Å². The lowest BCUT2D eigenvalue weighted by atomic mass is 10.1. The molecule has 0 bridgehead atoms. The molecule has 8 heteroatoms. The number of nitrogens with one attached hydrogen (secondary N) is 2. The molecule has 1 aliphatic rings. The lowest BCUT2D eigenvalue weighted by Crippen LogP contribution is -2.21. The van der Waals surface area contributed by atoms with Gasteiger partial charge in [-0.05, 0) is 19.8 Å². The fourth-order valence-corrected chi connectivity index (χ4v) is 2.91. The quantitative estimate of drug-likeness (QED) is 0.877. The second-order valence-electron chi connectivity index (χ2n) is 6.05. The number of aromatic nitrogens is 4. The molecule has 1 fully saturated rings. The van der Waals surface area contributed by atoms with Crippen LogP contribution < -0.4 is 10.6 Å². The fourth-order valence-electron chi connectivity index (χ4n) is 2.91. The Labute approximate surface area is 140 Å². The largest absolute Gasteiger partial charge is 0.318 e. The summed E-state index contributed by atoms with van der Waals surface area (Å²) >= 11 is 0. The zero-order chi connectivity index (χ0) is 17.1. The van der Waals surface area contributed by atoms with E-state index in [2.05, 4.69) is 20.8 Å². The van der Waals surface area contributed by atoms with Gasteiger partial charge in [-0.2, -0.15) is 10.2 Å². The fraction of sp³-hybridized carbons (Fsp3) is 0.500. The number of aryl methyl sites for hydroxylation is 2. The van der Waals surface area contributed by atoms with Crippen LogP contribution >= 0.6 is 0 Å². The number of carbonyl (C=O) groups excluding carboxylic acids is 2. The minimum absolute atomic E-state index is 0.00619. The third kappa shape index (κ3) is 3.47. The number of hydrogen-bond acceptors (Lipinski definition) is 4. The van der Waals surface area contributed by atoms with E-state index in [1.807, 2.05) is 6.92 Å². The van der Waals surface area contributed by atoms with Crippen molar-refractivity contribution in [3.8, 4) is 0 Å². The summed E-state index contributed by atoms with van der Waals surface area (Å²) in [6, 6.07) is 1.59. The van der Waals surface area contributed by atoms with Crippen molar-refractivity contribution in [1.29, 1.82) is 0 Å². The third-order valence-electron chi connectivity index (χ3n) is 4.30. The Kier molecular flexibility index (Phi) is 4.64. The molecule has 0 unspecified atom stereocenters. The Morgan fingerprint density at radius 2 is 2.04 bits per heavy atom. The van der Waals surface area contributed by atoms with Crippen LogP contribution in [0.2, 0.25) is 0 Å². The topological polar surface area (TPSA) is 93.8 Å². The van der Waals surface area contributed by atoms with Crippen molar-refractivity contribution in [1.82, 2.24) is 19.6 Å². The van der Waals surface area contributed by atoms with Crippen LogP contribution in [-0.2, 0) is 18.4 Å². The first-order chi connectivity index (χ1) is 11.6. The number of amides is 2. The van der Waals surface area contributed by atoms with E-state index in [1.165, 1.54) is 4.68 Å². The minimum atomic E-state index is -0.331. The van der Waals surface area contributed by atoms with Crippen LogP contribution in [-0.4, -0.2) is 31.4 Å².